The molecule has 0 saturated carbocycles. The summed E-state index contributed by atoms with van der Waals surface area (Å²) in [5, 5.41) is 7.62. The predicted octanol–water partition coefficient (Wildman–Crippen LogP) is 3.99. The van der Waals surface area contributed by atoms with Crippen LogP contribution in [0.4, 0.5) is 5.69 Å². The van der Waals surface area contributed by atoms with Gasteiger partial charge in [-0.25, -0.2) is 9.67 Å². The molecule has 0 bridgehead atoms. The highest BCUT2D eigenvalue weighted by Crippen LogP contribution is 2.17. The minimum absolute atomic E-state index is 0.159. The summed E-state index contributed by atoms with van der Waals surface area (Å²) in [6, 6.07) is 15.2. The Hall–Kier alpha value is -3.26. The van der Waals surface area contributed by atoms with E-state index >= 15 is 0 Å². The van der Waals surface area contributed by atoms with E-state index in [9.17, 15) is 9.59 Å². The van der Waals surface area contributed by atoms with E-state index in [0.29, 0.717) is 22.5 Å². The molecule has 0 radical (unpaired) electrons. The Morgan fingerprint density at radius 2 is 1.90 bits per heavy atom. The number of hydrogen-bond donors (Lipinski definition) is 1. The van der Waals surface area contributed by atoms with Gasteiger partial charge in [0.25, 0.3) is 5.56 Å². The standard InChI is InChI=1S/C22H20BrN5O2/c1-14-6-8-18(9-7-14)28-21-19(13-24-28)22(30)27(15(2)25-21)11-10-20(29)26-17-5-3-4-16(23)12-17/h3-9,12-13H,10-11H2,1-2H3,(H,26,29). The van der Waals surface area contributed by atoms with Gasteiger partial charge in [-0.15, -0.1) is 0 Å². The lowest BCUT2D eigenvalue weighted by Crippen LogP contribution is -2.26. The molecule has 4 aromatic rings. The maximum Gasteiger partial charge on any atom is 0.264 e. The van der Waals surface area contributed by atoms with Crippen LogP contribution in [0.3, 0.4) is 0 Å². The van der Waals surface area contributed by atoms with Gasteiger partial charge in [-0.3, -0.25) is 14.2 Å². The van der Waals surface area contributed by atoms with Crippen LogP contribution in [0.2, 0.25) is 0 Å². The zero-order valence-electron chi connectivity index (χ0n) is 16.6. The Bertz CT molecular complexity index is 1290. The molecular formula is C22H20BrN5O2. The molecule has 2 aromatic heterocycles. The number of carbonyl (C=O) groups excluding carboxylic acids is 1. The van der Waals surface area contributed by atoms with E-state index in [1.807, 2.05) is 55.5 Å². The van der Waals surface area contributed by atoms with E-state index in [-0.39, 0.29) is 24.4 Å². The summed E-state index contributed by atoms with van der Waals surface area (Å²) in [5.74, 6) is 0.367. The van der Waals surface area contributed by atoms with Crippen molar-refractivity contribution in [3.05, 3.63) is 80.9 Å². The van der Waals surface area contributed by atoms with Gasteiger partial charge in [0.05, 0.1) is 11.9 Å². The number of hydrogen-bond acceptors (Lipinski definition) is 4. The first-order valence-electron chi connectivity index (χ1n) is 9.50. The number of halogens is 1. The van der Waals surface area contributed by atoms with Crippen LogP contribution >= 0.6 is 15.9 Å². The number of fused-ring (bicyclic) bond motifs is 1. The minimum atomic E-state index is -0.203. The second-order valence-electron chi connectivity index (χ2n) is 7.05. The molecule has 7 nitrogen and oxygen atoms in total. The molecule has 0 aliphatic rings. The number of benzene rings is 2. The number of nitrogens with one attached hydrogen (secondary N) is 1. The Labute approximate surface area is 181 Å². The Kier molecular flexibility index (Phi) is 5.50. The van der Waals surface area contributed by atoms with Crippen molar-refractivity contribution in [2.45, 2.75) is 26.8 Å². The molecule has 0 aliphatic carbocycles. The summed E-state index contributed by atoms with van der Waals surface area (Å²) >= 11 is 3.38. The average Bonchev–Trinajstić information content (AvgIpc) is 3.12. The number of rotatable bonds is 5. The second kappa shape index (κ2) is 8.23. The van der Waals surface area contributed by atoms with Gasteiger partial charge < -0.3 is 5.32 Å². The molecule has 1 N–H and O–H groups in total. The van der Waals surface area contributed by atoms with Crippen LogP contribution in [0, 0.1) is 13.8 Å². The van der Waals surface area contributed by atoms with Crippen molar-refractivity contribution in [3.63, 3.8) is 0 Å². The van der Waals surface area contributed by atoms with Gasteiger partial charge in [0.1, 0.15) is 11.2 Å². The van der Waals surface area contributed by atoms with E-state index in [4.69, 9.17) is 0 Å². The SMILES string of the molecule is Cc1ccc(-n2ncc3c(=O)n(CCC(=O)Nc4cccc(Br)c4)c(C)nc32)cc1. The van der Waals surface area contributed by atoms with Crippen molar-refractivity contribution in [3.8, 4) is 5.69 Å². The molecule has 152 valence electrons. The fourth-order valence-electron chi connectivity index (χ4n) is 3.25. The molecule has 0 unspecified atom stereocenters. The highest BCUT2D eigenvalue weighted by molar-refractivity contribution is 9.10. The quantitative estimate of drug-likeness (QED) is 0.482. The summed E-state index contributed by atoms with van der Waals surface area (Å²) in [4.78, 5) is 29.9. The maximum absolute atomic E-state index is 13.0. The van der Waals surface area contributed by atoms with Crippen molar-refractivity contribution >= 4 is 38.6 Å². The van der Waals surface area contributed by atoms with Gasteiger partial charge in [-0.1, -0.05) is 39.7 Å². The lowest BCUT2D eigenvalue weighted by atomic mass is 10.2. The van der Waals surface area contributed by atoms with Gasteiger partial charge in [0.15, 0.2) is 5.65 Å². The van der Waals surface area contributed by atoms with E-state index in [2.05, 4.69) is 31.3 Å². The van der Waals surface area contributed by atoms with Crippen molar-refractivity contribution < 1.29 is 4.79 Å². The first kappa shape index (κ1) is 20.0. The van der Waals surface area contributed by atoms with Gasteiger partial charge in [0, 0.05) is 23.1 Å². The largest absolute Gasteiger partial charge is 0.326 e. The van der Waals surface area contributed by atoms with Crippen molar-refractivity contribution in [2.24, 2.45) is 0 Å². The second-order valence-corrected chi connectivity index (χ2v) is 7.97. The zero-order chi connectivity index (χ0) is 21.3. The number of anilines is 1. The van der Waals surface area contributed by atoms with Gasteiger partial charge in [-0.2, -0.15) is 5.10 Å². The topological polar surface area (TPSA) is 81.8 Å². The third-order valence-electron chi connectivity index (χ3n) is 4.83. The maximum atomic E-state index is 13.0. The van der Waals surface area contributed by atoms with E-state index < -0.39 is 0 Å². The summed E-state index contributed by atoms with van der Waals surface area (Å²) in [5.41, 5.74) is 2.99. The van der Waals surface area contributed by atoms with Crippen molar-refractivity contribution in [2.75, 3.05) is 5.32 Å². The van der Waals surface area contributed by atoms with E-state index in [1.165, 1.54) is 10.8 Å². The Balaban J connectivity index is 1.57. The fourth-order valence-corrected chi connectivity index (χ4v) is 3.65. The lowest BCUT2D eigenvalue weighted by molar-refractivity contribution is -0.116. The minimum Gasteiger partial charge on any atom is -0.326 e. The zero-order valence-corrected chi connectivity index (χ0v) is 18.2. The monoisotopic (exact) mass is 465 g/mol. The first-order valence-corrected chi connectivity index (χ1v) is 10.3. The number of aryl methyl sites for hydroxylation is 2. The molecule has 30 heavy (non-hydrogen) atoms. The van der Waals surface area contributed by atoms with Crippen LogP contribution in [-0.2, 0) is 11.3 Å². The van der Waals surface area contributed by atoms with E-state index in [1.54, 1.807) is 11.6 Å². The third kappa shape index (κ3) is 4.04. The number of nitrogens with zero attached hydrogens (tertiary/aromatic N) is 4. The fraction of sp³-hybridized carbons (Fsp3) is 0.182. The molecule has 0 aliphatic heterocycles. The Morgan fingerprint density at radius 1 is 1.13 bits per heavy atom. The predicted molar refractivity (Wildman–Crippen MR) is 120 cm³/mol. The molecule has 2 aromatic carbocycles. The molecule has 0 spiro atoms. The van der Waals surface area contributed by atoms with Crippen LogP contribution in [0.1, 0.15) is 17.8 Å². The first-order chi connectivity index (χ1) is 14.4. The van der Waals surface area contributed by atoms with Crippen molar-refractivity contribution in [1.82, 2.24) is 19.3 Å². The number of amides is 1. The van der Waals surface area contributed by atoms with Crippen molar-refractivity contribution in [1.29, 1.82) is 0 Å². The summed E-state index contributed by atoms with van der Waals surface area (Å²) in [6.45, 7) is 4.02. The van der Waals surface area contributed by atoms with Crippen LogP contribution in [0.25, 0.3) is 16.7 Å². The smallest absolute Gasteiger partial charge is 0.264 e. The number of carbonyl (C=O) groups is 1. The molecule has 0 saturated heterocycles. The molecule has 8 heteroatoms. The van der Waals surface area contributed by atoms with Crippen LogP contribution in [0.5, 0.6) is 0 Å². The number of aromatic nitrogens is 4. The Morgan fingerprint density at radius 3 is 2.63 bits per heavy atom. The molecule has 1 amide bonds. The van der Waals surface area contributed by atoms with E-state index in [0.717, 1.165) is 15.7 Å². The highest BCUT2D eigenvalue weighted by Gasteiger charge is 2.15. The molecule has 4 rings (SSSR count). The van der Waals surface area contributed by atoms with Crippen LogP contribution in [-0.4, -0.2) is 25.2 Å². The molecule has 2 heterocycles. The highest BCUT2D eigenvalue weighted by atomic mass is 79.9. The summed E-state index contributed by atoms with van der Waals surface area (Å²) < 4.78 is 4.06. The van der Waals surface area contributed by atoms with Crippen LogP contribution < -0.4 is 10.9 Å². The molecule has 0 fully saturated rings. The summed E-state index contributed by atoms with van der Waals surface area (Å²) in [7, 11) is 0. The molecular weight excluding hydrogens is 446 g/mol. The average molecular weight is 466 g/mol. The molecule has 0 atom stereocenters. The van der Waals surface area contributed by atoms with Gasteiger partial charge in [0.2, 0.25) is 5.91 Å². The lowest BCUT2D eigenvalue weighted by Gasteiger charge is -2.11. The normalized spacial score (nSPS) is 11.0. The van der Waals surface area contributed by atoms with Gasteiger partial charge in [-0.05, 0) is 44.2 Å². The van der Waals surface area contributed by atoms with Gasteiger partial charge >= 0.3 is 0 Å². The third-order valence-corrected chi connectivity index (χ3v) is 5.32. The van der Waals surface area contributed by atoms with Crippen LogP contribution in [0.15, 0.2) is 64.0 Å². The summed E-state index contributed by atoms with van der Waals surface area (Å²) in [6.07, 6.45) is 1.69.